The molecule has 2 N–H and O–H groups in total. The number of primary amides is 1. The van der Waals surface area contributed by atoms with Crippen LogP contribution in [-0.2, 0) is 21.7 Å². The SMILES string of the molecule is NC(=O)C1CCCN1Cc1ccc(OCc2cccc(C(Cl)(Cl)Cl)c2)cc1. The molecule has 27 heavy (non-hydrogen) atoms. The third-order valence-corrected chi connectivity index (χ3v) is 5.32. The minimum atomic E-state index is -1.45. The van der Waals surface area contributed by atoms with Gasteiger partial charge in [0.1, 0.15) is 12.4 Å². The van der Waals surface area contributed by atoms with Crippen LogP contribution in [0.4, 0.5) is 0 Å². The van der Waals surface area contributed by atoms with E-state index in [-0.39, 0.29) is 11.9 Å². The van der Waals surface area contributed by atoms with E-state index in [4.69, 9.17) is 45.3 Å². The van der Waals surface area contributed by atoms with E-state index in [1.54, 1.807) is 6.07 Å². The quantitative estimate of drug-likeness (QED) is 0.689. The van der Waals surface area contributed by atoms with Crippen LogP contribution in [0.3, 0.4) is 0 Å². The normalized spacial score (nSPS) is 17.8. The number of ether oxygens (including phenoxy) is 1. The lowest BCUT2D eigenvalue weighted by molar-refractivity contribution is -0.122. The second-order valence-corrected chi connectivity index (χ2v) is 8.94. The summed E-state index contributed by atoms with van der Waals surface area (Å²) in [7, 11) is 0. The Kier molecular flexibility index (Phi) is 6.53. The molecule has 1 unspecified atom stereocenters. The summed E-state index contributed by atoms with van der Waals surface area (Å²) in [6, 6.07) is 15.0. The molecule has 1 aliphatic heterocycles. The Labute approximate surface area is 174 Å². The third kappa shape index (κ3) is 5.52. The maximum Gasteiger partial charge on any atom is 0.234 e. The Morgan fingerprint density at radius 3 is 2.56 bits per heavy atom. The number of carbonyl (C=O) groups excluding carboxylic acids is 1. The van der Waals surface area contributed by atoms with Gasteiger partial charge in [-0.1, -0.05) is 65.1 Å². The molecule has 4 nitrogen and oxygen atoms in total. The second kappa shape index (κ2) is 8.70. The summed E-state index contributed by atoms with van der Waals surface area (Å²) in [5.74, 6) is 0.510. The highest BCUT2D eigenvalue weighted by Crippen LogP contribution is 2.38. The van der Waals surface area contributed by atoms with E-state index in [9.17, 15) is 4.79 Å². The first-order chi connectivity index (χ1) is 12.8. The monoisotopic (exact) mass is 426 g/mol. The molecule has 0 bridgehead atoms. The number of likely N-dealkylation sites (tertiary alicyclic amines) is 1. The van der Waals surface area contributed by atoms with E-state index < -0.39 is 3.79 Å². The van der Waals surface area contributed by atoms with Gasteiger partial charge in [-0.25, -0.2) is 0 Å². The highest BCUT2D eigenvalue weighted by molar-refractivity contribution is 6.66. The molecular weight excluding hydrogens is 407 g/mol. The minimum Gasteiger partial charge on any atom is -0.489 e. The summed E-state index contributed by atoms with van der Waals surface area (Å²) in [6.07, 6.45) is 1.84. The first kappa shape index (κ1) is 20.3. The fourth-order valence-corrected chi connectivity index (χ4v) is 3.62. The van der Waals surface area contributed by atoms with Gasteiger partial charge in [0.05, 0.1) is 6.04 Å². The summed E-state index contributed by atoms with van der Waals surface area (Å²) in [5, 5.41) is 0. The average Bonchev–Trinajstić information content (AvgIpc) is 3.09. The average molecular weight is 428 g/mol. The summed E-state index contributed by atoms with van der Waals surface area (Å²) in [4.78, 5) is 13.6. The van der Waals surface area contributed by atoms with Crippen molar-refractivity contribution in [3.05, 3.63) is 65.2 Å². The second-order valence-electron chi connectivity index (χ2n) is 6.66. The molecule has 0 spiro atoms. The molecule has 2 aromatic rings. The smallest absolute Gasteiger partial charge is 0.234 e. The van der Waals surface area contributed by atoms with E-state index in [0.717, 1.165) is 36.3 Å². The lowest BCUT2D eigenvalue weighted by Gasteiger charge is -2.21. The molecule has 2 aromatic carbocycles. The van der Waals surface area contributed by atoms with Crippen molar-refractivity contribution in [2.24, 2.45) is 5.73 Å². The van der Waals surface area contributed by atoms with Crippen LogP contribution < -0.4 is 10.5 Å². The van der Waals surface area contributed by atoms with Gasteiger partial charge in [0, 0.05) is 12.1 Å². The van der Waals surface area contributed by atoms with Gasteiger partial charge in [0.15, 0.2) is 0 Å². The molecule has 7 heteroatoms. The Morgan fingerprint density at radius 1 is 1.15 bits per heavy atom. The molecule has 144 valence electrons. The number of alkyl halides is 3. The maximum absolute atomic E-state index is 11.5. The molecule has 0 aliphatic carbocycles. The highest BCUT2D eigenvalue weighted by atomic mass is 35.6. The Bertz CT molecular complexity index is 791. The van der Waals surface area contributed by atoms with E-state index in [0.29, 0.717) is 18.7 Å². The van der Waals surface area contributed by atoms with Crippen LogP contribution in [-0.4, -0.2) is 23.4 Å². The molecule has 3 rings (SSSR count). The molecule has 1 fully saturated rings. The lowest BCUT2D eigenvalue weighted by Crippen LogP contribution is -2.39. The van der Waals surface area contributed by atoms with Crippen LogP contribution in [0, 0.1) is 0 Å². The fourth-order valence-electron chi connectivity index (χ4n) is 3.27. The van der Waals surface area contributed by atoms with E-state index in [1.165, 1.54) is 0 Å². The van der Waals surface area contributed by atoms with Crippen LogP contribution in [0.15, 0.2) is 48.5 Å². The van der Waals surface area contributed by atoms with Crippen molar-refractivity contribution in [2.45, 2.75) is 35.8 Å². The van der Waals surface area contributed by atoms with Crippen molar-refractivity contribution in [2.75, 3.05) is 6.54 Å². The molecule has 1 heterocycles. The van der Waals surface area contributed by atoms with Gasteiger partial charge in [-0.2, -0.15) is 0 Å². The summed E-state index contributed by atoms with van der Waals surface area (Å²) >= 11 is 17.8. The van der Waals surface area contributed by atoms with E-state index in [2.05, 4.69) is 4.90 Å². The van der Waals surface area contributed by atoms with E-state index >= 15 is 0 Å². The fraction of sp³-hybridized carbons (Fsp3) is 0.350. The zero-order valence-electron chi connectivity index (χ0n) is 14.7. The van der Waals surface area contributed by atoms with E-state index in [1.807, 2.05) is 42.5 Å². The molecule has 1 aliphatic rings. The number of nitrogens with two attached hydrogens (primary N) is 1. The number of rotatable bonds is 6. The first-order valence-electron chi connectivity index (χ1n) is 8.74. The molecule has 1 atom stereocenters. The molecule has 0 aromatic heterocycles. The number of amides is 1. The Balaban J connectivity index is 1.57. The Morgan fingerprint density at radius 2 is 1.89 bits per heavy atom. The summed E-state index contributed by atoms with van der Waals surface area (Å²) in [5.41, 5.74) is 8.12. The molecule has 0 saturated carbocycles. The van der Waals surface area contributed by atoms with Crippen molar-refractivity contribution in [1.82, 2.24) is 4.90 Å². The molecule has 1 saturated heterocycles. The van der Waals surface area contributed by atoms with Crippen LogP contribution in [0.1, 0.15) is 29.5 Å². The number of halogens is 3. The number of hydrogen-bond acceptors (Lipinski definition) is 3. The molecule has 0 radical (unpaired) electrons. The van der Waals surface area contributed by atoms with Gasteiger partial charge < -0.3 is 10.5 Å². The van der Waals surface area contributed by atoms with Gasteiger partial charge in [-0.05, 0) is 48.7 Å². The molecular formula is C20H21Cl3N2O2. The largest absolute Gasteiger partial charge is 0.489 e. The standard InChI is InChI=1S/C20H21Cl3N2O2/c21-20(22,23)16-4-1-3-15(11-16)13-27-17-8-6-14(7-9-17)12-25-10-2-5-18(25)19(24)26/h1,3-4,6-9,11,18H,2,5,10,12-13H2,(H2,24,26). The topological polar surface area (TPSA) is 55.6 Å². The summed E-state index contributed by atoms with van der Waals surface area (Å²) in [6.45, 7) is 1.98. The third-order valence-electron chi connectivity index (χ3n) is 4.66. The maximum atomic E-state index is 11.5. The van der Waals surface area contributed by atoms with Gasteiger partial charge in [-0.3, -0.25) is 9.69 Å². The van der Waals surface area contributed by atoms with Crippen molar-refractivity contribution in [3.8, 4) is 5.75 Å². The predicted molar refractivity (Wildman–Crippen MR) is 109 cm³/mol. The number of benzene rings is 2. The van der Waals surface area contributed by atoms with Crippen molar-refractivity contribution in [1.29, 1.82) is 0 Å². The zero-order chi connectivity index (χ0) is 19.4. The van der Waals surface area contributed by atoms with Crippen molar-refractivity contribution in [3.63, 3.8) is 0 Å². The number of nitrogens with zero attached hydrogens (tertiary/aromatic N) is 1. The Hall–Kier alpha value is -1.46. The van der Waals surface area contributed by atoms with Gasteiger partial charge in [0.2, 0.25) is 9.70 Å². The van der Waals surface area contributed by atoms with Crippen LogP contribution in [0.5, 0.6) is 5.75 Å². The highest BCUT2D eigenvalue weighted by Gasteiger charge is 2.28. The summed E-state index contributed by atoms with van der Waals surface area (Å²) < 4.78 is 4.38. The van der Waals surface area contributed by atoms with Gasteiger partial charge in [-0.15, -0.1) is 0 Å². The predicted octanol–water partition coefficient (Wildman–Crippen LogP) is 4.54. The number of carbonyl (C=O) groups is 1. The number of hydrogen-bond donors (Lipinski definition) is 1. The minimum absolute atomic E-state index is 0.161. The first-order valence-corrected chi connectivity index (χ1v) is 9.87. The van der Waals surface area contributed by atoms with Crippen molar-refractivity contribution < 1.29 is 9.53 Å². The van der Waals surface area contributed by atoms with Crippen LogP contribution in [0.25, 0.3) is 0 Å². The van der Waals surface area contributed by atoms with Crippen LogP contribution in [0.2, 0.25) is 0 Å². The molecule has 1 amide bonds. The van der Waals surface area contributed by atoms with Gasteiger partial charge >= 0.3 is 0 Å². The van der Waals surface area contributed by atoms with Crippen LogP contribution >= 0.6 is 34.8 Å². The van der Waals surface area contributed by atoms with Gasteiger partial charge in [0.25, 0.3) is 0 Å². The lowest BCUT2D eigenvalue weighted by atomic mass is 10.1. The zero-order valence-corrected chi connectivity index (χ0v) is 17.0. The van der Waals surface area contributed by atoms with Crippen molar-refractivity contribution >= 4 is 40.7 Å².